The highest BCUT2D eigenvalue weighted by Crippen LogP contribution is 2.18. The number of benzene rings is 1. The van der Waals surface area contributed by atoms with Gasteiger partial charge in [0, 0.05) is 25.2 Å². The molecule has 1 aromatic carbocycles. The number of carbonyl (C=O) groups excluding carboxylic acids is 1. The molecule has 0 saturated carbocycles. The first-order valence-corrected chi connectivity index (χ1v) is 9.33. The van der Waals surface area contributed by atoms with E-state index in [2.05, 4.69) is 0 Å². The minimum Gasteiger partial charge on any atom is -0.480 e. The van der Waals surface area contributed by atoms with Gasteiger partial charge in [-0.1, -0.05) is 26.8 Å². The number of carbonyl (C=O) groups is 2. The number of hydrogen-bond acceptors (Lipinski definition) is 4. The van der Waals surface area contributed by atoms with E-state index in [4.69, 9.17) is 5.11 Å². The number of nitrogens with zero attached hydrogens (tertiary/aromatic N) is 2. The molecule has 0 aromatic heterocycles. The van der Waals surface area contributed by atoms with Gasteiger partial charge in [-0.25, -0.2) is 8.42 Å². The molecule has 0 radical (unpaired) electrons. The average Bonchev–Trinajstić information content (AvgIpc) is 2.54. The first kappa shape index (κ1) is 20.1. The van der Waals surface area contributed by atoms with Crippen LogP contribution in [0.1, 0.15) is 37.6 Å². The van der Waals surface area contributed by atoms with E-state index in [1.165, 1.54) is 33.5 Å². The minimum absolute atomic E-state index is 0.0313. The van der Waals surface area contributed by atoms with Gasteiger partial charge in [0.1, 0.15) is 6.54 Å². The lowest BCUT2D eigenvalue weighted by Crippen LogP contribution is -2.36. The summed E-state index contributed by atoms with van der Waals surface area (Å²) >= 11 is 0. The third kappa shape index (κ3) is 4.78. The summed E-state index contributed by atoms with van der Waals surface area (Å²) in [7, 11) is -3.67. The van der Waals surface area contributed by atoms with Gasteiger partial charge in [-0.05, 0) is 24.6 Å². The summed E-state index contributed by atoms with van der Waals surface area (Å²) in [5.74, 6) is -1.60. The maximum Gasteiger partial charge on any atom is 0.323 e. The van der Waals surface area contributed by atoms with Crippen LogP contribution >= 0.6 is 0 Å². The SMILES string of the molecule is CCCN(CC(=O)O)C(=O)c1cccc(S(=O)(=O)N(CC)CC)c1. The molecule has 0 heterocycles. The van der Waals surface area contributed by atoms with Crippen LogP contribution in [0, 0.1) is 0 Å². The van der Waals surface area contributed by atoms with E-state index in [-0.39, 0.29) is 17.0 Å². The third-order valence-corrected chi connectivity index (χ3v) is 5.58. The highest BCUT2D eigenvalue weighted by atomic mass is 32.2. The molecule has 0 fully saturated rings. The van der Waals surface area contributed by atoms with Gasteiger partial charge in [-0.15, -0.1) is 0 Å². The molecule has 7 nitrogen and oxygen atoms in total. The van der Waals surface area contributed by atoms with Gasteiger partial charge in [0.25, 0.3) is 5.91 Å². The number of rotatable bonds is 9. The molecule has 0 unspecified atom stereocenters. The number of carboxylic acids is 1. The molecule has 0 saturated heterocycles. The Balaban J connectivity index is 3.19. The summed E-state index contributed by atoms with van der Waals surface area (Å²) in [6, 6.07) is 5.73. The lowest BCUT2D eigenvalue weighted by Gasteiger charge is -2.21. The van der Waals surface area contributed by atoms with E-state index in [1.807, 2.05) is 6.92 Å². The van der Waals surface area contributed by atoms with Gasteiger partial charge in [0.15, 0.2) is 0 Å². The zero-order valence-electron chi connectivity index (χ0n) is 14.2. The number of carboxylic acid groups (broad SMARTS) is 1. The van der Waals surface area contributed by atoms with Gasteiger partial charge in [0.05, 0.1) is 4.90 Å². The van der Waals surface area contributed by atoms with Gasteiger partial charge < -0.3 is 10.0 Å². The topological polar surface area (TPSA) is 95.0 Å². The molecule has 0 aliphatic carbocycles. The molecule has 1 aromatic rings. The molecule has 24 heavy (non-hydrogen) atoms. The van der Waals surface area contributed by atoms with Crippen molar-refractivity contribution < 1.29 is 23.1 Å². The van der Waals surface area contributed by atoms with Crippen molar-refractivity contribution in [1.29, 1.82) is 0 Å². The fourth-order valence-corrected chi connectivity index (χ4v) is 3.87. The maximum atomic E-state index is 12.5. The molecule has 0 aliphatic heterocycles. The summed E-state index contributed by atoms with van der Waals surface area (Å²) in [4.78, 5) is 24.7. The van der Waals surface area contributed by atoms with Crippen LogP contribution in [0.3, 0.4) is 0 Å². The number of aliphatic carboxylic acids is 1. The van der Waals surface area contributed by atoms with Crippen molar-refractivity contribution in [3.8, 4) is 0 Å². The molecule has 8 heteroatoms. The van der Waals surface area contributed by atoms with E-state index in [0.29, 0.717) is 19.5 Å². The molecule has 134 valence electrons. The van der Waals surface area contributed by atoms with Crippen LogP contribution in [0.15, 0.2) is 29.2 Å². The number of sulfonamides is 1. The van der Waals surface area contributed by atoms with E-state index in [9.17, 15) is 18.0 Å². The van der Waals surface area contributed by atoms with Crippen LogP contribution in [0.4, 0.5) is 0 Å². The van der Waals surface area contributed by atoms with Gasteiger partial charge in [-0.3, -0.25) is 9.59 Å². The van der Waals surface area contributed by atoms with Gasteiger partial charge >= 0.3 is 5.97 Å². The van der Waals surface area contributed by atoms with Gasteiger partial charge in [-0.2, -0.15) is 4.31 Å². The van der Waals surface area contributed by atoms with Crippen LogP contribution < -0.4 is 0 Å². The van der Waals surface area contributed by atoms with Crippen LogP contribution in [-0.2, 0) is 14.8 Å². The summed E-state index contributed by atoms with van der Waals surface area (Å²) in [5, 5.41) is 8.93. The standard InChI is InChI=1S/C16H24N2O5S/c1-4-10-17(12-15(19)20)16(21)13-8-7-9-14(11-13)24(22,23)18(5-2)6-3/h7-9,11H,4-6,10,12H2,1-3H3,(H,19,20). The molecule has 0 bridgehead atoms. The number of amides is 1. The first-order valence-electron chi connectivity index (χ1n) is 7.89. The largest absolute Gasteiger partial charge is 0.480 e. The molecule has 1 N–H and O–H groups in total. The molecule has 0 aliphatic rings. The normalized spacial score (nSPS) is 11.5. The number of hydrogen-bond donors (Lipinski definition) is 1. The minimum atomic E-state index is -3.67. The molecular weight excluding hydrogens is 332 g/mol. The van der Waals surface area contributed by atoms with E-state index >= 15 is 0 Å². The quantitative estimate of drug-likeness (QED) is 0.726. The van der Waals surface area contributed by atoms with Crippen LogP contribution in [0.2, 0.25) is 0 Å². The molecule has 1 amide bonds. The molecule has 1 rings (SSSR count). The third-order valence-electron chi connectivity index (χ3n) is 3.53. The Morgan fingerprint density at radius 2 is 1.75 bits per heavy atom. The fourth-order valence-electron chi connectivity index (χ4n) is 2.37. The van der Waals surface area contributed by atoms with Crippen molar-refractivity contribution in [2.75, 3.05) is 26.2 Å². The predicted octanol–water partition coefficient (Wildman–Crippen LogP) is 1.65. The second kappa shape index (κ2) is 8.79. The Morgan fingerprint density at radius 1 is 1.12 bits per heavy atom. The molecular formula is C16H24N2O5S. The maximum absolute atomic E-state index is 12.5. The first-order chi connectivity index (χ1) is 11.3. The Labute approximate surface area is 142 Å². The summed E-state index contributed by atoms with van der Waals surface area (Å²) < 4.78 is 26.4. The van der Waals surface area contributed by atoms with Crippen LogP contribution in [-0.4, -0.2) is 60.8 Å². The monoisotopic (exact) mass is 356 g/mol. The lowest BCUT2D eigenvalue weighted by molar-refractivity contribution is -0.137. The van der Waals surface area contributed by atoms with Crippen molar-refractivity contribution in [3.05, 3.63) is 29.8 Å². The predicted molar refractivity (Wildman–Crippen MR) is 90.4 cm³/mol. The lowest BCUT2D eigenvalue weighted by atomic mass is 10.2. The average molecular weight is 356 g/mol. The second-order valence-electron chi connectivity index (χ2n) is 5.24. The Kier molecular flexibility index (Phi) is 7.37. The van der Waals surface area contributed by atoms with Gasteiger partial charge in [0.2, 0.25) is 10.0 Å². The van der Waals surface area contributed by atoms with Crippen molar-refractivity contribution in [1.82, 2.24) is 9.21 Å². The summed E-state index contributed by atoms with van der Waals surface area (Å²) in [6.45, 7) is 5.86. The van der Waals surface area contributed by atoms with E-state index in [0.717, 1.165) is 0 Å². The fraction of sp³-hybridized carbons (Fsp3) is 0.500. The van der Waals surface area contributed by atoms with Crippen molar-refractivity contribution in [2.45, 2.75) is 32.1 Å². The van der Waals surface area contributed by atoms with E-state index < -0.39 is 28.4 Å². The molecule has 0 atom stereocenters. The van der Waals surface area contributed by atoms with E-state index in [1.54, 1.807) is 13.8 Å². The van der Waals surface area contributed by atoms with Crippen molar-refractivity contribution in [2.24, 2.45) is 0 Å². The highest BCUT2D eigenvalue weighted by Gasteiger charge is 2.24. The summed E-state index contributed by atoms with van der Waals surface area (Å²) in [5.41, 5.74) is 0.165. The van der Waals surface area contributed by atoms with Crippen LogP contribution in [0.25, 0.3) is 0 Å². The smallest absolute Gasteiger partial charge is 0.323 e. The Morgan fingerprint density at radius 3 is 2.25 bits per heavy atom. The summed E-state index contributed by atoms with van der Waals surface area (Å²) in [6.07, 6.45) is 0.608. The Hall–Kier alpha value is -1.93. The van der Waals surface area contributed by atoms with Crippen molar-refractivity contribution in [3.63, 3.8) is 0 Å². The second-order valence-corrected chi connectivity index (χ2v) is 7.18. The molecule has 0 spiro atoms. The highest BCUT2D eigenvalue weighted by molar-refractivity contribution is 7.89. The zero-order valence-corrected chi connectivity index (χ0v) is 15.0. The Bertz CT molecular complexity index is 683. The van der Waals surface area contributed by atoms with Crippen LogP contribution in [0.5, 0.6) is 0 Å². The van der Waals surface area contributed by atoms with Crippen molar-refractivity contribution >= 4 is 21.9 Å². The zero-order chi connectivity index (χ0) is 18.3.